The lowest BCUT2D eigenvalue weighted by Gasteiger charge is -2.49. The van der Waals surface area contributed by atoms with Crippen LogP contribution in [0.2, 0.25) is 0 Å². The van der Waals surface area contributed by atoms with E-state index >= 15 is 0 Å². The van der Waals surface area contributed by atoms with Gasteiger partial charge in [-0.05, 0) is 56.9 Å². The third-order valence-corrected chi connectivity index (χ3v) is 8.49. The summed E-state index contributed by atoms with van der Waals surface area (Å²) in [6, 6.07) is 9.52. The average molecular weight is 508 g/mol. The fourth-order valence-electron chi connectivity index (χ4n) is 6.54. The lowest BCUT2D eigenvalue weighted by Crippen LogP contribution is -2.58. The van der Waals surface area contributed by atoms with Crippen LogP contribution in [0.1, 0.15) is 46.6 Å². The fourth-order valence-corrected chi connectivity index (χ4v) is 6.54. The molecule has 3 aliphatic rings. The number of benzene rings is 1. The van der Waals surface area contributed by atoms with Crippen molar-refractivity contribution in [2.45, 2.75) is 71.3 Å². The number of hydrogen-bond donors (Lipinski definition) is 3. The zero-order chi connectivity index (χ0) is 27.1. The van der Waals surface area contributed by atoms with Crippen LogP contribution in [0.3, 0.4) is 0 Å². The SMILES string of the molecule is CC(=O)OC1/C=C/[C@@](C)(O)C(=O)C(C)C/C=C/[C@H]2[C@H](O)C(C)=C(C)C3[C@H](Cc4ccccc4)NC(=O)[C@]132. The highest BCUT2D eigenvalue weighted by molar-refractivity contribution is 5.91. The number of amides is 1. The molecule has 1 heterocycles. The number of hydrogen-bond acceptors (Lipinski definition) is 6. The Hall–Kier alpha value is -3.03. The van der Waals surface area contributed by atoms with Crippen molar-refractivity contribution in [2.75, 3.05) is 0 Å². The Labute approximate surface area is 218 Å². The molecule has 1 aliphatic heterocycles. The van der Waals surface area contributed by atoms with Gasteiger partial charge in [0.05, 0.1) is 6.10 Å². The van der Waals surface area contributed by atoms with E-state index in [-0.39, 0.29) is 17.7 Å². The third kappa shape index (κ3) is 4.59. The number of aliphatic hydroxyl groups is 2. The number of ether oxygens (including phenoxy) is 1. The Morgan fingerprint density at radius 2 is 1.81 bits per heavy atom. The molecule has 8 atom stereocenters. The monoisotopic (exact) mass is 507 g/mol. The molecular formula is C30H37NO6. The van der Waals surface area contributed by atoms with Crippen LogP contribution in [0.25, 0.3) is 0 Å². The molecular weight excluding hydrogens is 470 g/mol. The first kappa shape index (κ1) is 27.0. The van der Waals surface area contributed by atoms with Crippen molar-refractivity contribution in [3.05, 3.63) is 71.3 Å². The molecule has 7 heteroatoms. The highest BCUT2D eigenvalue weighted by atomic mass is 16.5. The van der Waals surface area contributed by atoms with E-state index in [1.807, 2.05) is 44.2 Å². The van der Waals surface area contributed by atoms with Crippen molar-refractivity contribution >= 4 is 17.7 Å². The summed E-state index contributed by atoms with van der Waals surface area (Å²) in [6.45, 7) is 8.20. The van der Waals surface area contributed by atoms with Gasteiger partial charge in [0.25, 0.3) is 0 Å². The zero-order valence-corrected chi connectivity index (χ0v) is 22.1. The molecule has 37 heavy (non-hydrogen) atoms. The summed E-state index contributed by atoms with van der Waals surface area (Å²) in [6.07, 6.45) is 5.17. The van der Waals surface area contributed by atoms with Gasteiger partial charge < -0.3 is 20.3 Å². The number of Topliss-reactive ketones (excluding diaryl/α,β-unsaturated/α-hetero) is 1. The van der Waals surface area contributed by atoms with Gasteiger partial charge in [-0.3, -0.25) is 14.4 Å². The molecule has 1 aromatic rings. The van der Waals surface area contributed by atoms with Crippen LogP contribution in [0.5, 0.6) is 0 Å². The Bertz CT molecular complexity index is 1170. The van der Waals surface area contributed by atoms with Crippen LogP contribution in [-0.4, -0.2) is 51.7 Å². The van der Waals surface area contributed by atoms with Gasteiger partial charge in [0.15, 0.2) is 5.78 Å². The summed E-state index contributed by atoms with van der Waals surface area (Å²) in [5, 5.41) is 25.7. The highest BCUT2D eigenvalue weighted by Gasteiger charge is 2.67. The Kier molecular flexibility index (Phi) is 7.32. The number of aliphatic hydroxyl groups excluding tert-OH is 1. The molecule has 1 amide bonds. The zero-order valence-electron chi connectivity index (χ0n) is 22.1. The molecule has 0 radical (unpaired) electrons. The standard InChI is InChI=1S/C30H37NO6/c1-17-10-9-13-22-26(33)19(3)18(2)25-23(16-21-11-7-6-8-12-21)31-28(35)30(22,25)24(37-20(4)32)14-15-29(5,36)27(17)34/h6-9,11-15,17,22-26,33,36H,10,16H2,1-5H3,(H,31,35)/b13-9+,15-14+/t17?,22-,23-,24?,25?,26+,29+,30+/m0/s1. The summed E-state index contributed by atoms with van der Waals surface area (Å²) in [5.74, 6) is -2.92. The normalized spacial score (nSPS) is 39.6. The molecule has 1 saturated heterocycles. The van der Waals surface area contributed by atoms with E-state index < -0.39 is 46.9 Å². The first-order chi connectivity index (χ1) is 17.4. The summed E-state index contributed by atoms with van der Waals surface area (Å²) >= 11 is 0. The molecule has 1 fully saturated rings. The number of carbonyl (C=O) groups is 3. The van der Waals surface area contributed by atoms with Crippen LogP contribution in [0.15, 0.2) is 65.8 Å². The van der Waals surface area contributed by atoms with E-state index in [0.717, 1.165) is 16.7 Å². The molecule has 0 saturated carbocycles. The Balaban J connectivity index is 1.96. The molecule has 2 aliphatic carbocycles. The summed E-state index contributed by atoms with van der Waals surface area (Å²) in [7, 11) is 0. The van der Waals surface area contributed by atoms with Crippen LogP contribution >= 0.6 is 0 Å². The van der Waals surface area contributed by atoms with Crippen molar-refractivity contribution < 1.29 is 29.3 Å². The highest BCUT2D eigenvalue weighted by Crippen LogP contribution is 2.57. The van der Waals surface area contributed by atoms with E-state index in [0.29, 0.717) is 12.8 Å². The number of esters is 1. The number of allylic oxidation sites excluding steroid dienone is 1. The maximum absolute atomic E-state index is 14.2. The molecule has 1 aromatic carbocycles. The third-order valence-electron chi connectivity index (χ3n) is 8.49. The minimum Gasteiger partial charge on any atom is -0.457 e. The van der Waals surface area contributed by atoms with Crippen LogP contribution in [0.4, 0.5) is 0 Å². The lowest BCUT2D eigenvalue weighted by atomic mass is 9.54. The summed E-state index contributed by atoms with van der Waals surface area (Å²) in [5.41, 5.74) is -0.500. The smallest absolute Gasteiger partial charge is 0.303 e. The molecule has 3 unspecified atom stereocenters. The predicted octanol–water partition coefficient (Wildman–Crippen LogP) is 3.06. The van der Waals surface area contributed by atoms with E-state index in [1.165, 1.54) is 26.0 Å². The fraction of sp³-hybridized carbons (Fsp3) is 0.500. The van der Waals surface area contributed by atoms with Crippen molar-refractivity contribution in [3.63, 3.8) is 0 Å². The van der Waals surface area contributed by atoms with Gasteiger partial charge in [0.2, 0.25) is 5.91 Å². The Morgan fingerprint density at radius 3 is 2.46 bits per heavy atom. The maximum atomic E-state index is 14.2. The molecule has 0 bridgehead atoms. The van der Waals surface area contributed by atoms with Gasteiger partial charge >= 0.3 is 5.97 Å². The summed E-state index contributed by atoms with van der Waals surface area (Å²) < 4.78 is 5.82. The Morgan fingerprint density at radius 1 is 1.14 bits per heavy atom. The minimum absolute atomic E-state index is 0.314. The van der Waals surface area contributed by atoms with Crippen LogP contribution in [-0.2, 0) is 25.5 Å². The van der Waals surface area contributed by atoms with Crippen molar-refractivity contribution in [1.82, 2.24) is 5.32 Å². The topological polar surface area (TPSA) is 113 Å². The van der Waals surface area contributed by atoms with E-state index in [9.17, 15) is 24.6 Å². The van der Waals surface area contributed by atoms with Gasteiger partial charge in [0.1, 0.15) is 17.1 Å². The number of ketones is 1. The van der Waals surface area contributed by atoms with Crippen LogP contribution in [0, 0.1) is 23.2 Å². The maximum Gasteiger partial charge on any atom is 0.303 e. The van der Waals surface area contributed by atoms with Gasteiger partial charge in [0, 0.05) is 30.7 Å². The number of rotatable bonds is 3. The van der Waals surface area contributed by atoms with Gasteiger partial charge in [-0.1, -0.05) is 55.0 Å². The van der Waals surface area contributed by atoms with E-state index in [1.54, 1.807) is 19.1 Å². The second-order valence-corrected chi connectivity index (χ2v) is 11.0. The molecule has 7 nitrogen and oxygen atoms in total. The molecule has 198 valence electrons. The molecule has 4 rings (SSSR count). The van der Waals surface area contributed by atoms with Gasteiger partial charge in [-0.2, -0.15) is 0 Å². The number of carbonyl (C=O) groups excluding carboxylic acids is 3. The predicted molar refractivity (Wildman–Crippen MR) is 139 cm³/mol. The van der Waals surface area contributed by atoms with Gasteiger partial charge in [-0.15, -0.1) is 0 Å². The first-order valence-corrected chi connectivity index (χ1v) is 12.9. The van der Waals surface area contributed by atoms with Crippen molar-refractivity contribution in [3.8, 4) is 0 Å². The van der Waals surface area contributed by atoms with Gasteiger partial charge in [-0.25, -0.2) is 0 Å². The quantitative estimate of drug-likeness (QED) is 0.428. The van der Waals surface area contributed by atoms with E-state index in [4.69, 9.17) is 4.74 Å². The molecule has 1 spiro atoms. The first-order valence-electron chi connectivity index (χ1n) is 12.9. The number of nitrogens with one attached hydrogen (secondary N) is 1. The van der Waals surface area contributed by atoms with Crippen molar-refractivity contribution in [2.24, 2.45) is 23.2 Å². The second kappa shape index (κ2) is 10.0. The van der Waals surface area contributed by atoms with Crippen molar-refractivity contribution in [1.29, 1.82) is 0 Å². The average Bonchev–Trinajstić information content (AvgIpc) is 3.13. The summed E-state index contributed by atoms with van der Waals surface area (Å²) in [4.78, 5) is 39.5. The van der Waals surface area contributed by atoms with E-state index in [2.05, 4.69) is 5.32 Å². The molecule has 3 N–H and O–H groups in total. The lowest BCUT2D eigenvalue weighted by molar-refractivity contribution is -0.161. The largest absolute Gasteiger partial charge is 0.457 e. The second-order valence-electron chi connectivity index (χ2n) is 11.0. The van der Waals surface area contributed by atoms with Crippen LogP contribution < -0.4 is 5.32 Å². The molecule has 0 aromatic heterocycles. The minimum atomic E-state index is -1.82.